The molecular weight excluding hydrogens is 239 g/mol. The zero-order valence-corrected chi connectivity index (χ0v) is 11.1. The van der Waals surface area contributed by atoms with Crippen LogP contribution in [0.5, 0.6) is 0 Å². The molecule has 0 spiro atoms. The van der Waals surface area contributed by atoms with Gasteiger partial charge in [0.1, 0.15) is 11.4 Å². The van der Waals surface area contributed by atoms with E-state index in [2.05, 4.69) is 11.4 Å². The highest BCUT2D eigenvalue weighted by Gasteiger charge is 2.40. The van der Waals surface area contributed by atoms with Crippen LogP contribution in [0.3, 0.4) is 0 Å². The van der Waals surface area contributed by atoms with Crippen LogP contribution < -0.4 is 5.32 Å². The third-order valence-corrected chi connectivity index (χ3v) is 4.54. The lowest BCUT2D eigenvalue weighted by molar-refractivity contribution is 0.295. The zero-order chi connectivity index (χ0) is 13.3. The number of nitrogens with one attached hydrogen (secondary N) is 1. The van der Waals surface area contributed by atoms with Crippen molar-refractivity contribution in [3.05, 3.63) is 35.1 Å². The maximum atomic E-state index is 13.3. The second-order valence-electron chi connectivity index (χ2n) is 5.80. The molecule has 100 valence electrons. The second-order valence-corrected chi connectivity index (χ2v) is 5.80. The molecule has 2 aliphatic rings. The smallest absolute Gasteiger partial charge is 0.133 e. The first-order chi connectivity index (χ1) is 9.23. The molecule has 1 N–H and O–H groups in total. The lowest BCUT2D eigenvalue weighted by Crippen LogP contribution is -2.46. The number of hydrogen-bond acceptors (Lipinski definition) is 2. The fourth-order valence-corrected chi connectivity index (χ4v) is 3.54. The van der Waals surface area contributed by atoms with E-state index in [4.69, 9.17) is 0 Å². The van der Waals surface area contributed by atoms with E-state index in [1.165, 1.54) is 25.3 Å². The Hall–Kier alpha value is -1.40. The maximum Gasteiger partial charge on any atom is 0.133 e. The Bertz CT molecular complexity index is 514. The highest BCUT2D eigenvalue weighted by Crippen LogP contribution is 2.38. The van der Waals surface area contributed by atoms with Crippen LogP contribution in [0.15, 0.2) is 18.2 Å². The van der Waals surface area contributed by atoms with Crippen molar-refractivity contribution in [2.45, 2.75) is 56.5 Å². The summed E-state index contributed by atoms with van der Waals surface area (Å²) >= 11 is 0. The minimum atomic E-state index is -0.592. The molecule has 0 saturated heterocycles. The molecule has 2 nitrogen and oxygen atoms in total. The van der Waals surface area contributed by atoms with Crippen molar-refractivity contribution in [2.24, 2.45) is 0 Å². The van der Waals surface area contributed by atoms with E-state index in [9.17, 15) is 9.65 Å². The highest BCUT2D eigenvalue weighted by molar-refractivity contribution is 5.43. The van der Waals surface area contributed by atoms with Gasteiger partial charge in [-0.3, -0.25) is 5.32 Å². The lowest BCUT2D eigenvalue weighted by atomic mass is 9.88. The van der Waals surface area contributed by atoms with Crippen LogP contribution in [-0.4, -0.2) is 6.04 Å². The van der Waals surface area contributed by atoms with E-state index in [0.717, 1.165) is 36.8 Å². The van der Waals surface area contributed by atoms with Gasteiger partial charge in [0, 0.05) is 6.04 Å². The van der Waals surface area contributed by atoms with Gasteiger partial charge in [-0.25, -0.2) is 4.39 Å². The highest BCUT2D eigenvalue weighted by atomic mass is 19.1. The topological polar surface area (TPSA) is 35.8 Å². The predicted molar refractivity (Wildman–Crippen MR) is 72.0 cm³/mol. The summed E-state index contributed by atoms with van der Waals surface area (Å²) in [6, 6.07) is 7.74. The van der Waals surface area contributed by atoms with Crippen molar-refractivity contribution in [3.63, 3.8) is 0 Å². The Morgan fingerprint density at radius 2 is 2.05 bits per heavy atom. The van der Waals surface area contributed by atoms with E-state index < -0.39 is 5.54 Å². The summed E-state index contributed by atoms with van der Waals surface area (Å²) in [4.78, 5) is 0. The standard InChI is InChI=1S/C16H19FN2/c17-13-6-7-15-12(10-13)8-9-16(15,11-18)19-14-4-2-1-3-5-14/h6-7,10,14,19H,1-5,8-9H2. The van der Waals surface area contributed by atoms with Crippen LogP contribution in [0.4, 0.5) is 4.39 Å². The first-order valence-electron chi connectivity index (χ1n) is 7.21. The lowest BCUT2D eigenvalue weighted by Gasteiger charge is -2.32. The molecule has 0 amide bonds. The van der Waals surface area contributed by atoms with Crippen molar-refractivity contribution in [1.82, 2.24) is 5.32 Å². The van der Waals surface area contributed by atoms with E-state index in [-0.39, 0.29) is 5.82 Å². The molecule has 1 aromatic carbocycles. The minimum Gasteiger partial charge on any atom is -0.293 e. The molecule has 0 bridgehead atoms. The molecule has 1 fully saturated rings. The third-order valence-electron chi connectivity index (χ3n) is 4.54. The number of nitriles is 1. The Kier molecular flexibility index (Phi) is 3.28. The van der Waals surface area contributed by atoms with Gasteiger partial charge in [-0.2, -0.15) is 5.26 Å². The number of halogens is 1. The normalized spacial score (nSPS) is 26.9. The summed E-state index contributed by atoms with van der Waals surface area (Å²) in [6.45, 7) is 0. The van der Waals surface area contributed by atoms with E-state index >= 15 is 0 Å². The molecule has 0 radical (unpaired) electrons. The van der Waals surface area contributed by atoms with Crippen molar-refractivity contribution in [1.29, 1.82) is 5.26 Å². The van der Waals surface area contributed by atoms with Crippen molar-refractivity contribution < 1.29 is 4.39 Å². The molecule has 1 unspecified atom stereocenters. The largest absolute Gasteiger partial charge is 0.293 e. The molecule has 0 aromatic heterocycles. The van der Waals surface area contributed by atoms with Crippen molar-refractivity contribution in [2.75, 3.05) is 0 Å². The van der Waals surface area contributed by atoms with Crippen LogP contribution in [0.2, 0.25) is 0 Å². The minimum absolute atomic E-state index is 0.204. The van der Waals surface area contributed by atoms with Crippen molar-refractivity contribution >= 4 is 0 Å². The predicted octanol–water partition coefficient (Wildman–Crippen LogP) is 3.41. The fourth-order valence-electron chi connectivity index (χ4n) is 3.54. The molecule has 19 heavy (non-hydrogen) atoms. The fraction of sp³-hybridized carbons (Fsp3) is 0.562. The molecule has 0 aliphatic heterocycles. The summed E-state index contributed by atoms with van der Waals surface area (Å²) in [5.74, 6) is -0.204. The summed E-state index contributed by atoms with van der Waals surface area (Å²) < 4.78 is 13.3. The second kappa shape index (κ2) is 4.94. The summed E-state index contributed by atoms with van der Waals surface area (Å²) in [6.07, 6.45) is 7.66. The van der Waals surface area contributed by atoms with Gasteiger partial charge in [-0.1, -0.05) is 25.3 Å². The van der Waals surface area contributed by atoms with Gasteiger partial charge >= 0.3 is 0 Å². The Labute approximate surface area is 113 Å². The summed E-state index contributed by atoms with van der Waals surface area (Å²) in [5.41, 5.74) is 1.39. The molecule has 0 heterocycles. The number of nitrogens with zero attached hydrogens (tertiary/aromatic N) is 1. The molecule has 1 atom stereocenters. The van der Waals surface area contributed by atoms with Gasteiger partial charge in [-0.05, 0) is 48.9 Å². The van der Waals surface area contributed by atoms with Gasteiger partial charge in [-0.15, -0.1) is 0 Å². The van der Waals surface area contributed by atoms with Gasteiger partial charge in [0.05, 0.1) is 6.07 Å². The summed E-state index contributed by atoms with van der Waals surface area (Å²) in [7, 11) is 0. The number of benzene rings is 1. The molecule has 2 aliphatic carbocycles. The van der Waals surface area contributed by atoms with Crippen LogP contribution in [0.25, 0.3) is 0 Å². The van der Waals surface area contributed by atoms with Gasteiger partial charge < -0.3 is 0 Å². The van der Waals surface area contributed by atoms with Gasteiger partial charge in [0.15, 0.2) is 0 Å². The molecule has 1 aromatic rings. The zero-order valence-electron chi connectivity index (χ0n) is 11.1. The number of rotatable bonds is 2. The van der Waals surface area contributed by atoms with Crippen LogP contribution in [0.1, 0.15) is 49.7 Å². The number of fused-ring (bicyclic) bond motifs is 1. The Morgan fingerprint density at radius 1 is 1.26 bits per heavy atom. The van der Waals surface area contributed by atoms with Crippen LogP contribution in [0, 0.1) is 17.1 Å². The first kappa shape index (κ1) is 12.6. The Morgan fingerprint density at radius 3 is 2.79 bits per heavy atom. The van der Waals surface area contributed by atoms with Crippen molar-refractivity contribution in [3.8, 4) is 6.07 Å². The van der Waals surface area contributed by atoms with Crippen LogP contribution in [-0.2, 0) is 12.0 Å². The number of hydrogen-bond donors (Lipinski definition) is 1. The van der Waals surface area contributed by atoms with E-state index in [1.54, 1.807) is 12.1 Å². The molecule has 1 saturated carbocycles. The molecule has 3 rings (SSSR count). The van der Waals surface area contributed by atoms with Gasteiger partial charge in [0.25, 0.3) is 0 Å². The Balaban J connectivity index is 1.87. The average Bonchev–Trinajstić information content (AvgIpc) is 2.78. The molecule has 3 heteroatoms. The van der Waals surface area contributed by atoms with Gasteiger partial charge in [0.2, 0.25) is 0 Å². The summed E-state index contributed by atoms with van der Waals surface area (Å²) in [5, 5.41) is 13.2. The monoisotopic (exact) mass is 258 g/mol. The number of aryl methyl sites for hydroxylation is 1. The maximum absolute atomic E-state index is 13.3. The SMILES string of the molecule is N#CC1(NC2CCCCC2)CCc2cc(F)ccc21. The quantitative estimate of drug-likeness (QED) is 0.882. The van der Waals surface area contributed by atoms with E-state index in [0.29, 0.717) is 6.04 Å². The average molecular weight is 258 g/mol. The van der Waals surface area contributed by atoms with E-state index in [1.807, 2.05) is 0 Å². The first-order valence-corrected chi connectivity index (χ1v) is 7.21. The van der Waals surface area contributed by atoms with Crippen LogP contribution >= 0.6 is 0 Å². The third kappa shape index (κ3) is 2.26. The molecular formula is C16H19FN2.